The topological polar surface area (TPSA) is 81.1 Å². The Labute approximate surface area is 187 Å². The van der Waals surface area contributed by atoms with Gasteiger partial charge in [-0.05, 0) is 53.0 Å². The van der Waals surface area contributed by atoms with Crippen LogP contribution in [0.3, 0.4) is 0 Å². The second kappa shape index (κ2) is 8.69. The number of hydrogen-bond acceptors (Lipinski definition) is 6. The second-order valence-corrected chi connectivity index (χ2v) is 9.07. The molecule has 3 aromatic rings. The van der Waals surface area contributed by atoms with E-state index in [1.807, 2.05) is 61.0 Å². The van der Waals surface area contributed by atoms with Crippen molar-refractivity contribution in [3.63, 3.8) is 0 Å². The Morgan fingerprint density at radius 1 is 1.23 bits per heavy atom. The lowest BCUT2D eigenvalue weighted by molar-refractivity contribution is -0.121. The van der Waals surface area contributed by atoms with E-state index in [4.69, 9.17) is 4.74 Å². The van der Waals surface area contributed by atoms with E-state index in [2.05, 4.69) is 36.9 Å². The first kappa shape index (κ1) is 20.7. The number of methoxy groups -OCH3 is 1. The van der Waals surface area contributed by atoms with Crippen molar-refractivity contribution >= 4 is 33.6 Å². The second-order valence-electron chi connectivity index (χ2n) is 7.11. The summed E-state index contributed by atoms with van der Waals surface area (Å²) in [6.45, 7) is 4.40. The van der Waals surface area contributed by atoms with E-state index >= 15 is 0 Å². The molecule has 30 heavy (non-hydrogen) atoms. The Morgan fingerprint density at radius 3 is 2.70 bits per heavy atom. The van der Waals surface area contributed by atoms with Crippen molar-refractivity contribution in [2.45, 2.75) is 36.8 Å². The summed E-state index contributed by atoms with van der Waals surface area (Å²) in [5.41, 5.74) is 6.63. The van der Waals surface area contributed by atoms with Gasteiger partial charge in [0.2, 0.25) is 11.1 Å². The molecule has 2 N–H and O–H groups in total. The summed E-state index contributed by atoms with van der Waals surface area (Å²) in [6.07, 6.45) is 0. The van der Waals surface area contributed by atoms with E-state index < -0.39 is 5.25 Å². The normalized spacial score (nSPS) is 17.7. The molecular formula is C21H22BrN5O2S. The van der Waals surface area contributed by atoms with E-state index in [1.165, 1.54) is 17.3 Å². The van der Waals surface area contributed by atoms with E-state index in [0.717, 1.165) is 27.2 Å². The molecule has 1 aliphatic rings. The fourth-order valence-electron chi connectivity index (χ4n) is 3.28. The van der Waals surface area contributed by atoms with Crippen LogP contribution in [0.4, 0.5) is 0 Å². The third kappa shape index (κ3) is 4.17. The first-order valence-corrected chi connectivity index (χ1v) is 11.2. The number of fused-ring (bicyclic) bond motifs is 1. The summed E-state index contributed by atoms with van der Waals surface area (Å²) in [5, 5.41) is 11.7. The molecule has 0 spiro atoms. The highest BCUT2D eigenvalue weighted by atomic mass is 79.9. The van der Waals surface area contributed by atoms with Crippen LogP contribution < -0.4 is 15.5 Å². The van der Waals surface area contributed by atoms with Gasteiger partial charge in [-0.3, -0.25) is 4.79 Å². The number of aryl methyl sites for hydroxylation is 2. The van der Waals surface area contributed by atoms with Crippen molar-refractivity contribution in [2.24, 2.45) is 0 Å². The molecule has 2 heterocycles. The molecule has 0 saturated carbocycles. The van der Waals surface area contributed by atoms with Crippen LogP contribution in [0.15, 0.2) is 52.1 Å². The number of nitrogens with one attached hydrogen (secondary N) is 2. The van der Waals surface area contributed by atoms with Crippen LogP contribution in [0.2, 0.25) is 0 Å². The molecule has 0 radical (unpaired) electrons. The van der Waals surface area contributed by atoms with E-state index in [9.17, 15) is 4.79 Å². The lowest BCUT2D eigenvalue weighted by Crippen LogP contribution is -2.44. The van der Waals surface area contributed by atoms with Crippen LogP contribution in [0.25, 0.3) is 0 Å². The van der Waals surface area contributed by atoms with Gasteiger partial charge in [-0.1, -0.05) is 47.7 Å². The number of hydrogen-bond donors (Lipinski definition) is 2. The molecule has 1 amide bonds. The number of nitrogens with zero attached hydrogens (tertiary/aromatic N) is 3. The molecule has 2 aromatic carbocycles. The molecule has 2 atom stereocenters. The zero-order chi connectivity index (χ0) is 21.3. The van der Waals surface area contributed by atoms with E-state index in [1.54, 1.807) is 7.11 Å². The Hall–Kier alpha value is -2.52. The van der Waals surface area contributed by atoms with E-state index in [0.29, 0.717) is 11.7 Å². The summed E-state index contributed by atoms with van der Waals surface area (Å²) in [4.78, 5) is 13.2. The van der Waals surface area contributed by atoms with Crippen LogP contribution in [0.5, 0.6) is 5.75 Å². The zero-order valence-electron chi connectivity index (χ0n) is 16.8. The summed E-state index contributed by atoms with van der Waals surface area (Å²) in [6, 6.07) is 13.7. The van der Waals surface area contributed by atoms with Gasteiger partial charge < -0.3 is 15.5 Å². The first-order chi connectivity index (χ1) is 14.5. The molecule has 9 heteroatoms. The minimum Gasteiger partial charge on any atom is -0.496 e. The average molecular weight is 488 g/mol. The molecular weight excluding hydrogens is 466 g/mol. The van der Waals surface area contributed by atoms with Crippen LogP contribution in [0, 0.1) is 13.8 Å². The third-order valence-electron chi connectivity index (χ3n) is 4.98. The monoisotopic (exact) mass is 487 g/mol. The van der Waals surface area contributed by atoms with Crippen LogP contribution in [0.1, 0.15) is 28.6 Å². The number of halogens is 1. The van der Waals surface area contributed by atoms with Crippen molar-refractivity contribution in [2.75, 3.05) is 12.5 Å². The number of amides is 1. The molecule has 1 aliphatic heterocycles. The summed E-state index contributed by atoms with van der Waals surface area (Å²) in [7, 11) is 1.63. The van der Waals surface area contributed by atoms with Crippen molar-refractivity contribution in [3.05, 3.63) is 69.5 Å². The fraction of sp³-hybridized carbons (Fsp3) is 0.286. The summed E-state index contributed by atoms with van der Waals surface area (Å²) < 4.78 is 8.01. The third-order valence-corrected chi connectivity index (χ3v) is 6.81. The minimum atomic E-state index is -0.410. The van der Waals surface area contributed by atoms with Gasteiger partial charge in [-0.2, -0.15) is 0 Å². The quantitative estimate of drug-likeness (QED) is 0.570. The molecule has 7 nitrogen and oxygen atoms in total. The number of thioether (sulfide) groups is 1. The van der Waals surface area contributed by atoms with Gasteiger partial charge in [-0.15, -0.1) is 10.2 Å². The Bertz CT molecular complexity index is 1070. The number of benzene rings is 2. The number of carbonyl (C=O) groups is 1. The highest BCUT2D eigenvalue weighted by molar-refractivity contribution is 9.10. The first-order valence-electron chi connectivity index (χ1n) is 9.48. The molecule has 0 bridgehead atoms. The largest absolute Gasteiger partial charge is 0.496 e. The number of rotatable bonds is 5. The highest BCUT2D eigenvalue weighted by Gasteiger charge is 2.37. The van der Waals surface area contributed by atoms with Crippen LogP contribution in [-0.2, 0) is 11.3 Å². The molecule has 1 aromatic heterocycles. The standard InChI is InChI=1S/C21H22BrN5O2S/c1-12-4-6-14(7-5-12)11-23-20(28)19-18(15-8-9-17(29-3)16(22)10-15)26-27-13(2)24-25-21(27)30-19/h4-10,18-19,26H,11H2,1-3H3,(H,23,28)/t18-,19+/m1/s1. The molecule has 0 saturated heterocycles. The van der Waals surface area contributed by atoms with Crippen molar-refractivity contribution in [3.8, 4) is 5.75 Å². The van der Waals surface area contributed by atoms with Gasteiger partial charge in [0, 0.05) is 6.54 Å². The van der Waals surface area contributed by atoms with Crippen LogP contribution >= 0.6 is 27.7 Å². The highest BCUT2D eigenvalue weighted by Crippen LogP contribution is 2.39. The molecule has 4 rings (SSSR count). The molecule has 0 fully saturated rings. The Morgan fingerprint density at radius 2 is 2.00 bits per heavy atom. The van der Waals surface area contributed by atoms with Gasteiger partial charge in [0.1, 0.15) is 16.8 Å². The maximum Gasteiger partial charge on any atom is 0.236 e. The van der Waals surface area contributed by atoms with Crippen molar-refractivity contribution in [1.29, 1.82) is 0 Å². The van der Waals surface area contributed by atoms with Crippen molar-refractivity contribution < 1.29 is 9.53 Å². The van der Waals surface area contributed by atoms with Gasteiger partial charge in [0.05, 0.1) is 17.6 Å². The zero-order valence-corrected chi connectivity index (χ0v) is 19.3. The number of ether oxygens (including phenoxy) is 1. The number of carbonyl (C=O) groups excluding carboxylic acids is 1. The lowest BCUT2D eigenvalue weighted by atomic mass is 10.0. The molecule has 0 unspecified atom stereocenters. The minimum absolute atomic E-state index is 0.0584. The predicted molar refractivity (Wildman–Crippen MR) is 120 cm³/mol. The smallest absolute Gasteiger partial charge is 0.236 e. The molecule has 156 valence electrons. The SMILES string of the molecule is COc1ccc([C@H]2Nn3c(C)nnc3S[C@@H]2C(=O)NCc2ccc(C)cc2)cc1Br. The predicted octanol–water partition coefficient (Wildman–Crippen LogP) is 3.74. The summed E-state index contributed by atoms with van der Waals surface area (Å²) >= 11 is 4.96. The lowest BCUT2D eigenvalue weighted by Gasteiger charge is -2.33. The van der Waals surface area contributed by atoms with Gasteiger partial charge in [0.15, 0.2) is 0 Å². The van der Waals surface area contributed by atoms with Crippen LogP contribution in [-0.4, -0.2) is 33.1 Å². The fourth-order valence-corrected chi connectivity index (χ4v) is 4.99. The summed E-state index contributed by atoms with van der Waals surface area (Å²) in [5.74, 6) is 1.43. The van der Waals surface area contributed by atoms with E-state index in [-0.39, 0.29) is 11.9 Å². The average Bonchev–Trinajstić information content (AvgIpc) is 3.12. The Kier molecular flexibility index (Phi) is 6.01. The van der Waals surface area contributed by atoms with Gasteiger partial charge in [-0.25, -0.2) is 4.68 Å². The van der Waals surface area contributed by atoms with Gasteiger partial charge in [0.25, 0.3) is 0 Å². The maximum atomic E-state index is 13.2. The Balaban J connectivity index is 1.60. The molecule has 0 aliphatic carbocycles. The maximum absolute atomic E-state index is 13.2. The van der Waals surface area contributed by atoms with Gasteiger partial charge >= 0.3 is 0 Å². The number of aromatic nitrogens is 3. The van der Waals surface area contributed by atoms with Crippen molar-refractivity contribution in [1.82, 2.24) is 20.2 Å².